The molecule has 20 heavy (non-hydrogen) atoms. The lowest BCUT2D eigenvalue weighted by Crippen LogP contribution is -2.33. The van der Waals surface area contributed by atoms with Gasteiger partial charge >= 0.3 is 0 Å². The summed E-state index contributed by atoms with van der Waals surface area (Å²) in [4.78, 5) is 17.5. The third-order valence-corrected chi connectivity index (χ3v) is 5.23. The number of thiazole rings is 1. The molecule has 1 atom stereocenters. The molecule has 2 aromatic rings. The van der Waals surface area contributed by atoms with Crippen molar-refractivity contribution in [1.29, 1.82) is 0 Å². The van der Waals surface area contributed by atoms with Gasteiger partial charge in [-0.15, -0.1) is 23.1 Å². The average molecular weight is 305 g/mol. The molecule has 1 unspecified atom stereocenters. The van der Waals surface area contributed by atoms with Gasteiger partial charge in [0, 0.05) is 23.2 Å². The van der Waals surface area contributed by atoms with Crippen LogP contribution in [0.15, 0.2) is 34.5 Å². The van der Waals surface area contributed by atoms with E-state index >= 15 is 0 Å². The number of hydrogen-bond donors (Lipinski definition) is 2. The van der Waals surface area contributed by atoms with Gasteiger partial charge in [0.15, 0.2) is 5.13 Å². The predicted molar refractivity (Wildman–Crippen MR) is 83.0 cm³/mol. The molecule has 3 N–H and O–H groups in total. The number of benzene rings is 1. The molecule has 0 saturated heterocycles. The zero-order valence-corrected chi connectivity index (χ0v) is 12.5. The Labute approximate surface area is 125 Å². The Hall–Kier alpha value is -1.53. The lowest BCUT2D eigenvalue weighted by molar-refractivity contribution is -0.120. The smallest absolute Gasteiger partial charge is 0.233 e. The highest BCUT2D eigenvalue weighted by molar-refractivity contribution is 8.01. The summed E-state index contributed by atoms with van der Waals surface area (Å²) in [6.45, 7) is 0.607. The monoisotopic (exact) mass is 305 g/mol. The third kappa shape index (κ3) is 2.96. The molecule has 3 rings (SSSR count). The van der Waals surface area contributed by atoms with E-state index < -0.39 is 0 Å². The number of amides is 1. The fraction of sp³-hybridized carbons (Fsp3) is 0.286. The minimum Gasteiger partial charge on any atom is -0.375 e. The van der Waals surface area contributed by atoms with Crippen molar-refractivity contribution >= 4 is 34.1 Å². The lowest BCUT2D eigenvalue weighted by atomic mass is 10.1. The van der Waals surface area contributed by atoms with Crippen LogP contribution >= 0.6 is 23.1 Å². The van der Waals surface area contributed by atoms with Crippen LogP contribution in [0.2, 0.25) is 0 Å². The van der Waals surface area contributed by atoms with Crippen LogP contribution in [0, 0.1) is 0 Å². The molecule has 0 spiro atoms. The Balaban J connectivity index is 1.49. The number of nitrogen functional groups attached to an aromatic ring is 1. The number of aromatic nitrogens is 1. The van der Waals surface area contributed by atoms with E-state index in [4.69, 9.17) is 5.73 Å². The van der Waals surface area contributed by atoms with Crippen LogP contribution in [-0.2, 0) is 17.6 Å². The number of hydrogen-bond acceptors (Lipinski definition) is 5. The summed E-state index contributed by atoms with van der Waals surface area (Å²) in [5, 5.41) is 5.48. The fourth-order valence-electron chi connectivity index (χ4n) is 2.19. The van der Waals surface area contributed by atoms with Gasteiger partial charge in [-0.3, -0.25) is 4.79 Å². The molecule has 1 aromatic heterocycles. The van der Waals surface area contributed by atoms with Crippen LogP contribution in [0.4, 0.5) is 5.13 Å². The summed E-state index contributed by atoms with van der Waals surface area (Å²) in [5.74, 6) is 0.106. The molecule has 0 saturated carbocycles. The summed E-state index contributed by atoms with van der Waals surface area (Å²) in [7, 11) is 0. The van der Waals surface area contributed by atoms with Crippen LogP contribution < -0.4 is 11.1 Å². The average Bonchev–Trinajstić information content (AvgIpc) is 3.04. The Morgan fingerprint density at radius 3 is 3.05 bits per heavy atom. The second kappa shape index (κ2) is 5.85. The Kier molecular flexibility index (Phi) is 3.93. The number of nitrogens with zero attached hydrogens (tertiary/aromatic N) is 1. The number of nitrogens with one attached hydrogen (secondary N) is 1. The van der Waals surface area contributed by atoms with Crippen molar-refractivity contribution in [2.24, 2.45) is 0 Å². The summed E-state index contributed by atoms with van der Waals surface area (Å²) in [5.41, 5.74) is 7.78. The largest absolute Gasteiger partial charge is 0.375 e. The standard InChI is InChI=1S/C14H15N3OS2/c15-14-17-10(8-19-14)5-6-16-13(18)12-7-9-3-1-2-4-11(9)20-12/h1-4,8,12H,5-7H2,(H2,15,17)(H,16,18). The van der Waals surface area contributed by atoms with Gasteiger partial charge in [-0.1, -0.05) is 18.2 Å². The SMILES string of the molecule is Nc1nc(CCNC(=O)C2Cc3ccccc3S2)cs1. The summed E-state index contributed by atoms with van der Waals surface area (Å²) >= 11 is 3.08. The second-order valence-corrected chi connectivity index (χ2v) is 6.77. The fourth-order valence-corrected chi connectivity index (χ4v) is 4.01. The Morgan fingerprint density at radius 2 is 2.30 bits per heavy atom. The van der Waals surface area contributed by atoms with E-state index in [1.165, 1.54) is 21.8 Å². The number of anilines is 1. The maximum atomic E-state index is 12.1. The maximum absolute atomic E-state index is 12.1. The highest BCUT2D eigenvalue weighted by Gasteiger charge is 2.27. The number of thioether (sulfide) groups is 1. The van der Waals surface area contributed by atoms with Crippen molar-refractivity contribution in [3.8, 4) is 0 Å². The van der Waals surface area contributed by atoms with E-state index in [-0.39, 0.29) is 11.2 Å². The van der Waals surface area contributed by atoms with Crippen LogP contribution in [0.3, 0.4) is 0 Å². The van der Waals surface area contributed by atoms with Crippen LogP contribution in [-0.4, -0.2) is 22.7 Å². The minimum atomic E-state index is -0.00657. The first kappa shape index (κ1) is 13.5. The Morgan fingerprint density at radius 1 is 1.45 bits per heavy atom. The van der Waals surface area contributed by atoms with Gasteiger partial charge in [-0.25, -0.2) is 4.98 Å². The number of nitrogens with two attached hydrogens (primary N) is 1. The molecule has 0 fully saturated rings. The molecule has 1 aliphatic rings. The second-order valence-electron chi connectivity index (χ2n) is 4.64. The summed E-state index contributed by atoms with van der Waals surface area (Å²) < 4.78 is 0. The molecule has 0 radical (unpaired) electrons. The molecule has 1 aromatic carbocycles. The zero-order valence-electron chi connectivity index (χ0n) is 10.8. The van der Waals surface area contributed by atoms with Gasteiger partial charge in [0.25, 0.3) is 0 Å². The van der Waals surface area contributed by atoms with Crippen molar-refractivity contribution < 1.29 is 4.79 Å². The van der Waals surface area contributed by atoms with Gasteiger partial charge in [0.2, 0.25) is 5.91 Å². The number of rotatable bonds is 4. The van der Waals surface area contributed by atoms with E-state index in [0.717, 1.165) is 18.5 Å². The highest BCUT2D eigenvalue weighted by atomic mass is 32.2. The van der Waals surface area contributed by atoms with Crippen molar-refractivity contribution in [2.75, 3.05) is 12.3 Å². The molecule has 4 nitrogen and oxygen atoms in total. The van der Waals surface area contributed by atoms with E-state index in [2.05, 4.69) is 22.4 Å². The Bertz CT molecular complexity index is 601. The number of carbonyl (C=O) groups excluding carboxylic acids is 1. The molecule has 0 bridgehead atoms. The topological polar surface area (TPSA) is 68.0 Å². The quantitative estimate of drug-likeness (QED) is 0.908. The van der Waals surface area contributed by atoms with Crippen LogP contribution in [0.25, 0.3) is 0 Å². The molecule has 1 amide bonds. The molecule has 104 valence electrons. The van der Waals surface area contributed by atoms with E-state index in [1.54, 1.807) is 11.8 Å². The third-order valence-electron chi connectivity index (χ3n) is 3.19. The molecule has 2 heterocycles. The van der Waals surface area contributed by atoms with Crippen molar-refractivity contribution in [3.63, 3.8) is 0 Å². The first-order valence-electron chi connectivity index (χ1n) is 6.44. The van der Waals surface area contributed by atoms with Crippen LogP contribution in [0.5, 0.6) is 0 Å². The molecular weight excluding hydrogens is 290 g/mol. The van der Waals surface area contributed by atoms with E-state index in [9.17, 15) is 4.79 Å². The van der Waals surface area contributed by atoms with Gasteiger partial charge < -0.3 is 11.1 Å². The van der Waals surface area contributed by atoms with Crippen LogP contribution in [0.1, 0.15) is 11.3 Å². The van der Waals surface area contributed by atoms with Gasteiger partial charge in [-0.05, 0) is 18.1 Å². The van der Waals surface area contributed by atoms with E-state index in [1.807, 2.05) is 17.5 Å². The van der Waals surface area contributed by atoms with E-state index in [0.29, 0.717) is 11.7 Å². The zero-order chi connectivity index (χ0) is 13.9. The summed E-state index contributed by atoms with van der Waals surface area (Å²) in [6.07, 6.45) is 1.54. The van der Waals surface area contributed by atoms with Crippen molar-refractivity contribution in [2.45, 2.75) is 23.0 Å². The van der Waals surface area contributed by atoms with Crippen molar-refractivity contribution in [1.82, 2.24) is 10.3 Å². The molecule has 1 aliphatic heterocycles. The van der Waals surface area contributed by atoms with Crippen molar-refractivity contribution in [3.05, 3.63) is 40.9 Å². The van der Waals surface area contributed by atoms with Gasteiger partial charge in [-0.2, -0.15) is 0 Å². The lowest BCUT2D eigenvalue weighted by Gasteiger charge is -2.09. The van der Waals surface area contributed by atoms with Gasteiger partial charge in [0.05, 0.1) is 10.9 Å². The first-order chi connectivity index (χ1) is 9.72. The predicted octanol–water partition coefficient (Wildman–Crippen LogP) is 2.10. The van der Waals surface area contributed by atoms with Gasteiger partial charge in [0.1, 0.15) is 0 Å². The first-order valence-corrected chi connectivity index (χ1v) is 8.20. The minimum absolute atomic E-state index is 0.00657. The number of fused-ring (bicyclic) bond motifs is 1. The summed E-state index contributed by atoms with van der Waals surface area (Å²) in [6, 6.07) is 8.20. The maximum Gasteiger partial charge on any atom is 0.233 e. The highest BCUT2D eigenvalue weighted by Crippen LogP contribution is 2.36. The molecular formula is C14H15N3OS2. The molecule has 6 heteroatoms. The molecule has 0 aliphatic carbocycles. The normalized spacial score (nSPS) is 16.9. The number of carbonyl (C=O) groups is 1.